The Bertz CT molecular complexity index is 868. The average molecular weight is 397 g/mol. The Morgan fingerprint density at radius 1 is 1.11 bits per heavy atom. The van der Waals surface area contributed by atoms with Gasteiger partial charge < -0.3 is 10.5 Å². The van der Waals surface area contributed by atoms with Crippen LogP contribution in [-0.4, -0.2) is 12.6 Å². The molecule has 3 nitrogen and oxygen atoms in total. The first-order valence-electron chi connectivity index (χ1n) is 8.80. The third-order valence-electron chi connectivity index (χ3n) is 4.58. The van der Waals surface area contributed by atoms with Crippen LogP contribution in [0.15, 0.2) is 30.3 Å². The van der Waals surface area contributed by atoms with Crippen molar-refractivity contribution < 1.29 is 27.1 Å². The molecule has 0 fully saturated rings. The smallest absolute Gasteiger partial charge is 0.419 e. The molecular formula is C21H23F4NO2. The van der Waals surface area contributed by atoms with Gasteiger partial charge in [0.15, 0.2) is 0 Å². The Balaban J connectivity index is 2.74. The molecule has 7 heteroatoms. The fourth-order valence-electron chi connectivity index (χ4n) is 3.27. The minimum Gasteiger partial charge on any atom is -0.466 e. The molecule has 0 saturated carbocycles. The number of halogens is 4. The van der Waals surface area contributed by atoms with Crippen LogP contribution in [0.2, 0.25) is 0 Å². The van der Waals surface area contributed by atoms with Gasteiger partial charge in [-0.1, -0.05) is 18.2 Å². The van der Waals surface area contributed by atoms with Crippen LogP contribution in [0.4, 0.5) is 17.6 Å². The molecule has 1 unspecified atom stereocenters. The van der Waals surface area contributed by atoms with Gasteiger partial charge in [-0.05, 0) is 62.1 Å². The summed E-state index contributed by atoms with van der Waals surface area (Å²) in [7, 11) is 0. The van der Waals surface area contributed by atoms with Crippen molar-refractivity contribution in [3.63, 3.8) is 0 Å². The van der Waals surface area contributed by atoms with Gasteiger partial charge in [0.1, 0.15) is 5.82 Å². The zero-order valence-electron chi connectivity index (χ0n) is 16.2. The lowest BCUT2D eigenvalue weighted by Crippen LogP contribution is -2.37. The number of ether oxygens (including phenoxy) is 1. The lowest BCUT2D eigenvalue weighted by atomic mass is 9.84. The Hall–Kier alpha value is -2.41. The van der Waals surface area contributed by atoms with Crippen molar-refractivity contribution in [2.24, 2.45) is 5.73 Å². The molecule has 2 aromatic carbocycles. The van der Waals surface area contributed by atoms with Crippen molar-refractivity contribution in [1.82, 2.24) is 0 Å². The lowest BCUT2D eigenvalue weighted by molar-refractivity contribution is -0.144. The van der Waals surface area contributed by atoms with Gasteiger partial charge in [0.2, 0.25) is 0 Å². The number of nitrogens with two attached hydrogens (primary N) is 1. The number of esters is 1. The quantitative estimate of drug-likeness (QED) is 0.553. The average Bonchev–Trinajstić information content (AvgIpc) is 2.54. The number of aryl methyl sites for hydroxylation is 2. The van der Waals surface area contributed by atoms with E-state index in [1.807, 2.05) is 0 Å². The Kier molecular flexibility index (Phi) is 6.18. The molecule has 2 aromatic rings. The molecule has 0 aliphatic heterocycles. The maximum absolute atomic E-state index is 14.8. The second-order valence-electron chi connectivity index (χ2n) is 7.05. The molecule has 0 spiro atoms. The van der Waals surface area contributed by atoms with Gasteiger partial charge in [-0.15, -0.1) is 0 Å². The second-order valence-corrected chi connectivity index (χ2v) is 7.05. The zero-order chi connectivity index (χ0) is 21.3. The van der Waals surface area contributed by atoms with Crippen LogP contribution < -0.4 is 5.73 Å². The number of rotatable bonds is 5. The second kappa shape index (κ2) is 7.91. The van der Waals surface area contributed by atoms with E-state index in [1.165, 1.54) is 13.0 Å². The van der Waals surface area contributed by atoms with Crippen LogP contribution in [0.3, 0.4) is 0 Å². The minimum atomic E-state index is -4.91. The highest BCUT2D eigenvalue weighted by Gasteiger charge is 2.39. The molecule has 28 heavy (non-hydrogen) atoms. The predicted octanol–water partition coefficient (Wildman–Crippen LogP) is 5.26. The molecule has 0 amide bonds. The Morgan fingerprint density at radius 2 is 1.64 bits per heavy atom. The number of alkyl halides is 3. The molecule has 1 atom stereocenters. The molecular weight excluding hydrogens is 374 g/mol. The summed E-state index contributed by atoms with van der Waals surface area (Å²) in [5.74, 6) is -2.19. The summed E-state index contributed by atoms with van der Waals surface area (Å²) in [6.07, 6.45) is -5.36. The number of benzene rings is 2. The van der Waals surface area contributed by atoms with E-state index < -0.39 is 35.5 Å². The summed E-state index contributed by atoms with van der Waals surface area (Å²) in [6.45, 7) is 6.53. The van der Waals surface area contributed by atoms with E-state index in [4.69, 9.17) is 10.5 Å². The molecule has 0 radical (unpaired) electrons. The summed E-state index contributed by atoms with van der Waals surface area (Å²) in [5.41, 5.74) is 4.88. The summed E-state index contributed by atoms with van der Waals surface area (Å²) >= 11 is 0. The van der Waals surface area contributed by atoms with Crippen LogP contribution in [0.1, 0.15) is 42.5 Å². The summed E-state index contributed by atoms with van der Waals surface area (Å²) in [6, 6.07) is 7.39. The van der Waals surface area contributed by atoms with Gasteiger partial charge >= 0.3 is 12.1 Å². The molecule has 0 aromatic heterocycles. The third-order valence-corrected chi connectivity index (χ3v) is 4.58. The maximum atomic E-state index is 14.8. The first-order chi connectivity index (χ1) is 12.9. The van der Waals surface area contributed by atoms with Crippen molar-refractivity contribution in [2.45, 2.75) is 45.8 Å². The van der Waals surface area contributed by atoms with E-state index >= 15 is 0 Å². The van der Waals surface area contributed by atoms with Gasteiger partial charge in [0, 0.05) is 5.56 Å². The van der Waals surface area contributed by atoms with E-state index in [-0.39, 0.29) is 17.7 Å². The highest BCUT2D eigenvalue weighted by atomic mass is 19.4. The van der Waals surface area contributed by atoms with Crippen LogP contribution in [0, 0.1) is 19.7 Å². The monoisotopic (exact) mass is 397 g/mol. The zero-order valence-corrected chi connectivity index (χ0v) is 16.2. The van der Waals surface area contributed by atoms with Crippen LogP contribution in [0.25, 0.3) is 11.1 Å². The molecule has 0 bridgehead atoms. The van der Waals surface area contributed by atoms with Gasteiger partial charge in [-0.25, -0.2) is 4.39 Å². The van der Waals surface area contributed by atoms with Crippen molar-refractivity contribution in [3.8, 4) is 11.1 Å². The minimum absolute atomic E-state index is 0.0909. The summed E-state index contributed by atoms with van der Waals surface area (Å²) in [4.78, 5) is 11.8. The molecule has 0 aliphatic rings. The van der Waals surface area contributed by atoms with Crippen molar-refractivity contribution in [1.29, 1.82) is 0 Å². The topological polar surface area (TPSA) is 52.3 Å². The van der Waals surface area contributed by atoms with Gasteiger partial charge in [0.05, 0.1) is 24.1 Å². The standard InChI is InChI=1S/C21H23F4NO2/c1-5-28-17(27)11-20(4,26)15-9-14(10-16(19(15)22)21(23,24)25)18-12(2)7-6-8-13(18)3/h6-10H,5,11,26H2,1-4H3. The third kappa shape index (κ3) is 4.52. The predicted molar refractivity (Wildman–Crippen MR) is 99.1 cm³/mol. The maximum Gasteiger partial charge on any atom is 0.419 e. The Labute approximate surface area is 161 Å². The fraction of sp³-hybridized carbons (Fsp3) is 0.381. The van der Waals surface area contributed by atoms with Crippen LogP contribution in [-0.2, 0) is 21.2 Å². The summed E-state index contributed by atoms with van der Waals surface area (Å²) in [5, 5.41) is 0. The SMILES string of the molecule is CCOC(=O)CC(C)(N)c1cc(-c2c(C)cccc2C)cc(C(F)(F)F)c1F. The largest absolute Gasteiger partial charge is 0.466 e. The number of carbonyl (C=O) groups excluding carboxylic acids is 1. The highest BCUT2D eigenvalue weighted by molar-refractivity contribution is 5.74. The molecule has 0 saturated heterocycles. The van der Waals surface area contributed by atoms with E-state index in [0.29, 0.717) is 5.56 Å². The van der Waals surface area contributed by atoms with Gasteiger partial charge in [0.25, 0.3) is 0 Å². The van der Waals surface area contributed by atoms with E-state index in [9.17, 15) is 22.4 Å². The first-order valence-corrected chi connectivity index (χ1v) is 8.80. The molecule has 2 N–H and O–H groups in total. The lowest BCUT2D eigenvalue weighted by Gasteiger charge is -2.27. The first kappa shape index (κ1) is 21.9. The molecule has 0 heterocycles. The number of carbonyl (C=O) groups is 1. The van der Waals surface area contributed by atoms with Crippen LogP contribution in [0.5, 0.6) is 0 Å². The normalized spacial score (nSPS) is 13.9. The van der Waals surface area contributed by atoms with Crippen molar-refractivity contribution >= 4 is 5.97 Å². The van der Waals surface area contributed by atoms with E-state index in [2.05, 4.69) is 0 Å². The number of hydrogen-bond acceptors (Lipinski definition) is 3. The van der Waals surface area contributed by atoms with Gasteiger partial charge in [-0.2, -0.15) is 13.2 Å². The Morgan fingerprint density at radius 3 is 2.14 bits per heavy atom. The van der Waals surface area contributed by atoms with Gasteiger partial charge in [-0.3, -0.25) is 4.79 Å². The van der Waals surface area contributed by atoms with E-state index in [1.54, 1.807) is 39.0 Å². The molecule has 152 valence electrons. The van der Waals surface area contributed by atoms with Crippen molar-refractivity contribution in [3.05, 3.63) is 58.4 Å². The number of hydrogen-bond donors (Lipinski definition) is 1. The van der Waals surface area contributed by atoms with Crippen molar-refractivity contribution in [2.75, 3.05) is 6.61 Å². The summed E-state index contributed by atoms with van der Waals surface area (Å²) < 4.78 is 60.2. The fourth-order valence-corrected chi connectivity index (χ4v) is 3.27. The van der Waals surface area contributed by atoms with Crippen LogP contribution >= 0.6 is 0 Å². The van der Waals surface area contributed by atoms with E-state index in [0.717, 1.165) is 17.2 Å². The molecule has 2 rings (SSSR count). The molecule has 0 aliphatic carbocycles. The highest BCUT2D eigenvalue weighted by Crippen LogP contribution is 2.40.